The van der Waals surface area contributed by atoms with E-state index in [1.54, 1.807) is 13.1 Å². The Bertz CT molecular complexity index is 472. The zero-order chi connectivity index (χ0) is 14.4. The summed E-state index contributed by atoms with van der Waals surface area (Å²) in [5, 5.41) is 12.7. The topological polar surface area (TPSA) is 84.9 Å². The molecule has 0 saturated heterocycles. The van der Waals surface area contributed by atoms with Crippen LogP contribution in [-0.4, -0.2) is 30.6 Å². The third-order valence-corrected chi connectivity index (χ3v) is 2.26. The van der Waals surface area contributed by atoms with Crippen LogP contribution in [0.3, 0.4) is 0 Å². The number of hydrogen-bond donors (Lipinski definition) is 2. The Morgan fingerprint density at radius 3 is 2.32 bits per heavy atom. The third kappa shape index (κ3) is 4.69. The average Bonchev–Trinajstić information content (AvgIpc) is 2.30. The number of carbonyl (C=O) groups excluding carboxylic acids is 2. The molecule has 0 bridgehead atoms. The minimum atomic E-state index is -0.745. The molecule has 1 rings (SSSR count). The first-order valence-corrected chi connectivity index (χ1v) is 5.77. The van der Waals surface area contributed by atoms with E-state index in [0.717, 1.165) is 0 Å². The predicted molar refractivity (Wildman–Crippen MR) is 67.9 cm³/mol. The molecule has 6 nitrogen and oxygen atoms in total. The number of carbonyl (C=O) groups is 2. The molecule has 0 spiro atoms. The van der Waals surface area contributed by atoms with Gasteiger partial charge >= 0.3 is 11.9 Å². The molecule has 1 atom stereocenters. The molecule has 0 amide bonds. The van der Waals surface area contributed by atoms with Gasteiger partial charge in [0, 0.05) is 20.4 Å². The molecule has 0 fully saturated rings. The molecule has 19 heavy (non-hydrogen) atoms. The van der Waals surface area contributed by atoms with Crippen LogP contribution in [0.1, 0.15) is 25.5 Å². The van der Waals surface area contributed by atoms with Crippen LogP contribution < -0.4 is 14.8 Å². The molecule has 1 aromatic rings. The van der Waals surface area contributed by atoms with Gasteiger partial charge in [0.05, 0.1) is 6.10 Å². The van der Waals surface area contributed by atoms with Crippen LogP contribution in [0.15, 0.2) is 18.2 Å². The Morgan fingerprint density at radius 1 is 1.21 bits per heavy atom. The van der Waals surface area contributed by atoms with E-state index in [-0.39, 0.29) is 11.5 Å². The lowest BCUT2D eigenvalue weighted by atomic mass is 10.1. The van der Waals surface area contributed by atoms with E-state index in [2.05, 4.69) is 5.32 Å². The number of hydrogen-bond acceptors (Lipinski definition) is 6. The van der Waals surface area contributed by atoms with Crippen LogP contribution in [0, 0.1) is 0 Å². The van der Waals surface area contributed by atoms with Gasteiger partial charge in [-0.3, -0.25) is 9.59 Å². The standard InChI is InChI=1S/C13H17NO5/c1-8(15)18-12-5-4-10(11(17)7-14-3)6-13(12)19-9(2)16/h4-6,11,14,17H,7H2,1-3H3. The molecular weight excluding hydrogens is 250 g/mol. The second kappa shape index (κ2) is 6.86. The Balaban J connectivity index is 3.06. The molecule has 0 aromatic heterocycles. The van der Waals surface area contributed by atoms with Crippen molar-refractivity contribution in [2.75, 3.05) is 13.6 Å². The molecule has 1 aromatic carbocycles. The van der Waals surface area contributed by atoms with E-state index >= 15 is 0 Å². The lowest BCUT2D eigenvalue weighted by Gasteiger charge is -2.14. The number of rotatable bonds is 5. The number of ether oxygens (including phenoxy) is 2. The van der Waals surface area contributed by atoms with Gasteiger partial charge in [-0.15, -0.1) is 0 Å². The van der Waals surface area contributed by atoms with Crippen LogP contribution in [-0.2, 0) is 9.59 Å². The largest absolute Gasteiger partial charge is 0.423 e. The van der Waals surface area contributed by atoms with Gasteiger partial charge in [-0.25, -0.2) is 0 Å². The van der Waals surface area contributed by atoms with Gasteiger partial charge in [-0.05, 0) is 24.7 Å². The van der Waals surface area contributed by atoms with Crippen molar-refractivity contribution in [1.29, 1.82) is 0 Å². The molecular formula is C13H17NO5. The summed E-state index contributed by atoms with van der Waals surface area (Å²) in [6.45, 7) is 2.85. The van der Waals surface area contributed by atoms with Crippen molar-refractivity contribution < 1.29 is 24.2 Å². The maximum absolute atomic E-state index is 11.0. The first-order chi connectivity index (χ1) is 8.93. The smallest absolute Gasteiger partial charge is 0.308 e. The number of aliphatic hydroxyl groups excluding tert-OH is 1. The molecule has 0 aliphatic rings. The molecule has 0 aliphatic carbocycles. The summed E-state index contributed by atoms with van der Waals surface area (Å²) < 4.78 is 9.90. The monoisotopic (exact) mass is 267 g/mol. The minimum Gasteiger partial charge on any atom is -0.423 e. The van der Waals surface area contributed by atoms with Crippen LogP contribution in [0.5, 0.6) is 11.5 Å². The normalized spacial score (nSPS) is 11.8. The molecule has 0 heterocycles. The van der Waals surface area contributed by atoms with Crippen molar-refractivity contribution in [3.63, 3.8) is 0 Å². The fraction of sp³-hybridized carbons (Fsp3) is 0.385. The third-order valence-electron chi connectivity index (χ3n) is 2.26. The van der Waals surface area contributed by atoms with Crippen molar-refractivity contribution in [3.8, 4) is 11.5 Å². The van der Waals surface area contributed by atoms with Crippen LogP contribution in [0.25, 0.3) is 0 Å². The van der Waals surface area contributed by atoms with E-state index < -0.39 is 18.0 Å². The van der Waals surface area contributed by atoms with Gasteiger partial charge in [0.1, 0.15) is 0 Å². The van der Waals surface area contributed by atoms with E-state index in [4.69, 9.17) is 9.47 Å². The van der Waals surface area contributed by atoms with Gasteiger partial charge in [0.25, 0.3) is 0 Å². The number of aliphatic hydroxyl groups is 1. The van der Waals surface area contributed by atoms with E-state index in [1.165, 1.54) is 26.0 Å². The zero-order valence-corrected chi connectivity index (χ0v) is 11.1. The number of esters is 2. The Morgan fingerprint density at radius 2 is 1.79 bits per heavy atom. The fourth-order valence-corrected chi connectivity index (χ4v) is 1.52. The van der Waals surface area contributed by atoms with Crippen molar-refractivity contribution >= 4 is 11.9 Å². The highest BCUT2D eigenvalue weighted by atomic mass is 16.6. The van der Waals surface area contributed by atoms with Gasteiger partial charge in [-0.2, -0.15) is 0 Å². The maximum Gasteiger partial charge on any atom is 0.308 e. The molecule has 2 N–H and O–H groups in total. The molecule has 1 unspecified atom stereocenters. The lowest BCUT2D eigenvalue weighted by molar-refractivity contribution is -0.134. The average molecular weight is 267 g/mol. The van der Waals surface area contributed by atoms with Crippen LogP contribution in [0.2, 0.25) is 0 Å². The quantitative estimate of drug-likeness (QED) is 0.606. The molecule has 104 valence electrons. The second-order valence-corrected chi connectivity index (χ2v) is 3.97. The van der Waals surface area contributed by atoms with Crippen molar-refractivity contribution in [2.45, 2.75) is 20.0 Å². The summed E-state index contributed by atoms with van der Waals surface area (Å²) in [5.41, 5.74) is 0.557. The van der Waals surface area contributed by atoms with Gasteiger partial charge < -0.3 is 19.9 Å². The molecule has 0 radical (unpaired) electrons. The van der Waals surface area contributed by atoms with Crippen LogP contribution in [0.4, 0.5) is 0 Å². The molecule has 0 saturated carbocycles. The highest BCUT2D eigenvalue weighted by Crippen LogP contribution is 2.30. The second-order valence-electron chi connectivity index (χ2n) is 3.97. The predicted octanol–water partition coefficient (Wildman–Crippen LogP) is 0.790. The number of nitrogens with one attached hydrogen (secondary N) is 1. The summed E-state index contributed by atoms with van der Waals surface area (Å²) in [6.07, 6.45) is -0.745. The number of likely N-dealkylation sites (N-methyl/N-ethyl adjacent to an activating group) is 1. The summed E-state index contributed by atoms with van der Waals surface area (Å²) in [4.78, 5) is 22.0. The van der Waals surface area contributed by atoms with E-state index in [1.807, 2.05) is 0 Å². The Labute approximate surface area is 111 Å². The van der Waals surface area contributed by atoms with E-state index in [9.17, 15) is 14.7 Å². The first kappa shape index (κ1) is 15.1. The number of benzene rings is 1. The summed E-state index contributed by atoms with van der Waals surface area (Å²) >= 11 is 0. The van der Waals surface area contributed by atoms with Crippen LogP contribution >= 0.6 is 0 Å². The summed E-state index contributed by atoms with van der Waals surface area (Å²) in [5.74, 6) is -0.802. The molecule has 0 aliphatic heterocycles. The Kier molecular flexibility index (Phi) is 5.47. The fourth-order valence-electron chi connectivity index (χ4n) is 1.52. The highest BCUT2D eigenvalue weighted by molar-refractivity contribution is 5.73. The van der Waals surface area contributed by atoms with Gasteiger partial charge in [-0.1, -0.05) is 6.07 Å². The minimum absolute atomic E-state index is 0.107. The van der Waals surface area contributed by atoms with Gasteiger partial charge in [0.15, 0.2) is 11.5 Å². The zero-order valence-electron chi connectivity index (χ0n) is 11.1. The lowest BCUT2D eigenvalue weighted by Crippen LogP contribution is -2.17. The highest BCUT2D eigenvalue weighted by Gasteiger charge is 2.14. The van der Waals surface area contributed by atoms with Gasteiger partial charge in [0.2, 0.25) is 0 Å². The van der Waals surface area contributed by atoms with E-state index in [0.29, 0.717) is 12.1 Å². The first-order valence-electron chi connectivity index (χ1n) is 5.77. The summed E-state index contributed by atoms with van der Waals surface area (Å²) in [6, 6.07) is 4.56. The molecule has 6 heteroatoms. The van der Waals surface area contributed by atoms with Crippen molar-refractivity contribution in [2.24, 2.45) is 0 Å². The van der Waals surface area contributed by atoms with Crippen molar-refractivity contribution in [3.05, 3.63) is 23.8 Å². The summed E-state index contributed by atoms with van der Waals surface area (Å²) in [7, 11) is 1.71. The Hall–Kier alpha value is -1.92. The SMILES string of the molecule is CNCC(O)c1ccc(OC(C)=O)c(OC(C)=O)c1. The van der Waals surface area contributed by atoms with Crippen molar-refractivity contribution in [1.82, 2.24) is 5.32 Å². The maximum atomic E-state index is 11.0.